The third-order valence-electron chi connectivity index (χ3n) is 3.74. The van der Waals surface area contributed by atoms with Crippen LogP contribution in [0.3, 0.4) is 0 Å². The van der Waals surface area contributed by atoms with Crippen molar-refractivity contribution in [3.63, 3.8) is 0 Å². The molecule has 0 radical (unpaired) electrons. The van der Waals surface area contributed by atoms with E-state index in [0.717, 1.165) is 13.1 Å². The number of aryl methyl sites for hydroxylation is 1. The second-order valence-electron chi connectivity index (χ2n) is 5.23. The number of halogens is 1. The molecule has 0 aliphatic rings. The van der Waals surface area contributed by atoms with E-state index in [9.17, 15) is 9.50 Å². The zero-order valence-corrected chi connectivity index (χ0v) is 12.6. The van der Waals surface area contributed by atoms with Gasteiger partial charge in [-0.15, -0.1) is 0 Å². The van der Waals surface area contributed by atoms with Crippen LogP contribution in [0.25, 0.3) is 0 Å². The lowest BCUT2D eigenvalue weighted by Crippen LogP contribution is -2.26. The zero-order valence-electron chi connectivity index (χ0n) is 12.6. The molecule has 112 valence electrons. The Morgan fingerprint density at radius 3 is 2.57 bits per heavy atom. The Balaban J connectivity index is 2.02. The van der Waals surface area contributed by atoms with Gasteiger partial charge in [0.15, 0.2) is 0 Å². The molecule has 0 bridgehead atoms. The van der Waals surface area contributed by atoms with Crippen LogP contribution in [0.15, 0.2) is 48.5 Å². The Labute approximate surface area is 125 Å². The number of hydrogen-bond donors (Lipinski definition) is 1. The van der Waals surface area contributed by atoms with Crippen molar-refractivity contribution in [1.29, 1.82) is 0 Å². The summed E-state index contributed by atoms with van der Waals surface area (Å²) < 4.78 is 13.2. The highest BCUT2D eigenvalue weighted by Gasteiger charge is 2.12. The number of anilines is 1. The topological polar surface area (TPSA) is 23.5 Å². The molecule has 2 aromatic carbocycles. The minimum atomic E-state index is -0.640. The van der Waals surface area contributed by atoms with Gasteiger partial charge in [0.2, 0.25) is 0 Å². The molecule has 0 amide bonds. The number of rotatable bonds is 6. The van der Waals surface area contributed by atoms with E-state index in [4.69, 9.17) is 0 Å². The van der Waals surface area contributed by atoms with Crippen molar-refractivity contribution in [2.75, 3.05) is 18.0 Å². The number of nitrogens with zero attached hydrogens (tertiary/aromatic N) is 1. The second-order valence-corrected chi connectivity index (χ2v) is 5.23. The summed E-state index contributed by atoms with van der Waals surface area (Å²) in [4.78, 5) is 2.23. The van der Waals surface area contributed by atoms with Crippen LogP contribution >= 0.6 is 0 Å². The van der Waals surface area contributed by atoms with Gasteiger partial charge < -0.3 is 10.0 Å². The fourth-order valence-corrected chi connectivity index (χ4v) is 2.53. The third-order valence-corrected chi connectivity index (χ3v) is 3.74. The predicted octanol–water partition coefficient (Wildman–Crippen LogP) is 4.08. The number of aliphatic hydroxyl groups is 1. The molecule has 1 N–H and O–H groups in total. The summed E-state index contributed by atoms with van der Waals surface area (Å²) in [7, 11) is 0. The maximum absolute atomic E-state index is 13.2. The standard InChI is InChI=1S/C18H22FNO/c1-3-20(17-10-5-4-7-14(17)2)12-11-18(21)15-8-6-9-16(19)13-15/h4-10,13,18,21H,3,11-12H2,1-2H3. The normalized spacial score (nSPS) is 12.2. The summed E-state index contributed by atoms with van der Waals surface area (Å²) in [6, 6.07) is 14.4. The van der Waals surface area contributed by atoms with Crippen LogP contribution in [0, 0.1) is 12.7 Å². The lowest BCUT2D eigenvalue weighted by Gasteiger charge is -2.26. The number of benzene rings is 2. The molecular formula is C18H22FNO. The summed E-state index contributed by atoms with van der Waals surface area (Å²) >= 11 is 0. The van der Waals surface area contributed by atoms with Gasteiger partial charge in [0.1, 0.15) is 5.82 Å². The highest BCUT2D eigenvalue weighted by atomic mass is 19.1. The van der Waals surface area contributed by atoms with Crippen LogP contribution in [0.1, 0.15) is 30.6 Å². The monoisotopic (exact) mass is 287 g/mol. The molecule has 0 aromatic heterocycles. The molecule has 0 aliphatic carbocycles. The van der Waals surface area contributed by atoms with Crippen molar-refractivity contribution in [2.45, 2.75) is 26.4 Å². The molecule has 2 nitrogen and oxygen atoms in total. The second kappa shape index (κ2) is 7.23. The van der Waals surface area contributed by atoms with Gasteiger partial charge in [-0.05, 0) is 49.6 Å². The quantitative estimate of drug-likeness (QED) is 0.865. The van der Waals surface area contributed by atoms with Crippen LogP contribution in [0.5, 0.6) is 0 Å². The van der Waals surface area contributed by atoms with Gasteiger partial charge in [-0.3, -0.25) is 0 Å². The first-order valence-corrected chi connectivity index (χ1v) is 7.36. The van der Waals surface area contributed by atoms with E-state index in [-0.39, 0.29) is 5.82 Å². The van der Waals surface area contributed by atoms with E-state index in [0.29, 0.717) is 12.0 Å². The SMILES string of the molecule is CCN(CCC(O)c1cccc(F)c1)c1ccccc1C. The fraction of sp³-hybridized carbons (Fsp3) is 0.333. The average molecular weight is 287 g/mol. The summed E-state index contributed by atoms with van der Waals surface area (Å²) in [5, 5.41) is 10.2. The lowest BCUT2D eigenvalue weighted by molar-refractivity contribution is 0.169. The van der Waals surface area contributed by atoms with Gasteiger partial charge >= 0.3 is 0 Å². The molecule has 0 saturated carbocycles. The lowest BCUT2D eigenvalue weighted by atomic mass is 10.1. The summed E-state index contributed by atoms with van der Waals surface area (Å²) in [6.45, 7) is 5.79. The van der Waals surface area contributed by atoms with E-state index < -0.39 is 6.10 Å². The van der Waals surface area contributed by atoms with E-state index >= 15 is 0 Å². The molecule has 0 heterocycles. The molecule has 1 unspecified atom stereocenters. The van der Waals surface area contributed by atoms with E-state index in [1.807, 2.05) is 12.1 Å². The van der Waals surface area contributed by atoms with Crippen molar-refractivity contribution >= 4 is 5.69 Å². The first-order chi connectivity index (χ1) is 10.1. The fourth-order valence-electron chi connectivity index (χ4n) is 2.53. The van der Waals surface area contributed by atoms with Crippen molar-refractivity contribution < 1.29 is 9.50 Å². The van der Waals surface area contributed by atoms with Crippen LogP contribution in [0.4, 0.5) is 10.1 Å². The largest absolute Gasteiger partial charge is 0.388 e. The van der Waals surface area contributed by atoms with Gasteiger partial charge in [-0.1, -0.05) is 30.3 Å². The Morgan fingerprint density at radius 2 is 1.90 bits per heavy atom. The molecule has 0 fully saturated rings. The van der Waals surface area contributed by atoms with Crippen LogP contribution in [-0.2, 0) is 0 Å². The third kappa shape index (κ3) is 4.05. The van der Waals surface area contributed by atoms with Crippen molar-refractivity contribution in [1.82, 2.24) is 0 Å². The molecule has 0 saturated heterocycles. The average Bonchev–Trinajstić information content (AvgIpc) is 2.49. The minimum Gasteiger partial charge on any atom is -0.388 e. The first kappa shape index (κ1) is 15.5. The number of para-hydroxylation sites is 1. The van der Waals surface area contributed by atoms with Crippen molar-refractivity contribution in [2.24, 2.45) is 0 Å². The molecule has 0 aliphatic heterocycles. The molecule has 3 heteroatoms. The maximum atomic E-state index is 13.2. The van der Waals surface area contributed by atoms with Crippen molar-refractivity contribution in [3.05, 3.63) is 65.5 Å². The molecule has 1 atom stereocenters. The predicted molar refractivity (Wildman–Crippen MR) is 85.0 cm³/mol. The van der Waals surface area contributed by atoms with E-state index in [1.165, 1.54) is 23.4 Å². The molecule has 21 heavy (non-hydrogen) atoms. The van der Waals surface area contributed by atoms with E-state index in [1.54, 1.807) is 12.1 Å². The highest BCUT2D eigenvalue weighted by Crippen LogP contribution is 2.22. The summed E-state index contributed by atoms with van der Waals surface area (Å²) in [5.74, 6) is -0.308. The smallest absolute Gasteiger partial charge is 0.123 e. The number of aliphatic hydroxyl groups excluding tert-OH is 1. The first-order valence-electron chi connectivity index (χ1n) is 7.36. The summed E-state index contributed by atoms with van der Waals surface area (Å²) in [6.07, 6.45) is -0.0650. The Morgan fingerprint density at radius 1 is 1.14 bits per heavy atom. The molecule has 0 spiro atoms. The Kier molecular flexibility index (Phi) is 5.34. The van der Waals surface area contributed by atoms with Crippen molar-refractivity contribution in [3.8, 4) is 0 Å². The van der Waals surface area contributed by atoms with Gasteiger partial charge in [-0.2, -0.15) is 0 Å². The van der Waals surface area contributed by atoms with Crippen LogP contribution < -0.4 is 4.90 Å². The van der Waals surface area contributed by atoms with Gasteiger partial charge in [0.25, 0.3) is 0 Å². The van der Waals surface area contributed by atoms with Gasteiger partial charge in [0, 0.05) is 18.8 Å². The summed E-state index contributed by atoms with van der Waals surface area (Å²) in [5.41, 5.74) is 3.04. The maximum Gasteiger partial charge on any atom is 0.123 e. The zero-order chi connectivity index (χ0) is 15.2. The Bertz CT molecular complexity index is 585. The van der Waals surface area contributed by atoms with E-state index in [2.05, 4.69) is 30.9 Å². The Hall–Kier alpha value is -1.87. The minimum absolute atomic E-state index is 0.308. The number of hydrogen-bond acceptors (Lipinski definition) is 2. The van der Waals surface area contributed by atoms with Crippen LogP contribution in [-0.4, -0.2) is 18.2 Å². The van der Waals surface area contributed by atoms with Gasteiger partial charge in [-0.25, -0.2) is 4.39 Å². The highest BCUT2D eigenvalue weighted by molar-refractivity contribution is 5.52. The molecule has 2 rings (SSSR count). The molecule has 2 aromatic rings. The molecular weight excluding hydrogens is 265 g/mol. The van der Waals surface area contributed by atoms with Gasteiger partial charge in [0.05, 0.1) is 6.10 Å². The van der Waals surface area contributed by atoms with Crippen LogP contribution in [0.2, 0.25) is 0 Å².